The monoisotopic (exact) mass is 860 g/mol. The van der Waals surface area contributed by atoms with Crippen molar-refractivity contribution in [2.24, 2.45) is 0 Å². The lowest BCUT2D eigenvalue weighted by Crippen LogP contribution is -2.35. The fourth-order valence-electron chi connectivity index (χ4n) is 7.48. The molecule has 2 aliphatic rings. The van der Waals surface area contributed by atoms with Gasteiger partial charge in [0.15, 0.2) is 21.1 Å². The minimum atomic E-state index is -3.27. The number of carbonyl (C=O) groups is 1. The number of ether oxygens (including phenoxy) is 1. The summed E-state index contributed by atoms with van der Waals surface area (Å²) >= 11 is 3.44. The van der Waals surface area contributed by atoms with Crippen molar-refractivity contribution in [1.82, 2.24) is 39.4 Å². The van der Waals surface area contributed by atoms with E-state index in [0.717, 1.165) is 69.6 Å². The van der Waals surface area contributed by atoms with Crippen molar-refractivity contribution in [1.29, 1.82) is 0 Å². The van der Waals surface area contributed by atoms with E-state index in [0.29, 0.717) is 24.0 Å². The van der Waals surface area contributed by atoms with Gasteiger partial charge in [0, 0.05) is 73.3 Å². The van der Waals surface area contributed by atoms with E-state index in [9.17, 15) is 13.2 Å². The molecule has 0 aliphatic carbocycles. The molecule has 6 heterocycles. The number of hydrogen-bond acceptors (Lipinski definition) is 9. The molecular weight excluding hydrogens is 817 g/mol. The number of sulfone groups is 1. The predicted molar refractivity (Wildman–Crippen MR) is 228 cm³/mol. The summed E-state index contributed by atoms with van der Waals surface area (Å²) in [6.07, 6.45) is 14.2. The number of nitrogens with zero attached hydrogens (tertiary/aromatic N) is 7. The van der Waals surface area contributed by atoms with E-state index < -0.39 is 15.4 Å². The number of fused-ring (bicyclic) bond motifs is 2. The van der Waals surface area contributed by atoms with Crippen molar-refractivity contribution in [3.05, 3.63) is 126 Å². The summed E-state index contributed by atoms with van der Waals surface area (Å²) in [7, 11) is -3.27. The maximum Gasteiger partial charge on any atom is 0.410 e. The molecule has 2 atom stereocenters. The van der Waals surface area contributed by atoms with Gasteiger partial charge in [0.05, 0.1) is 21.8 Å². The third-order valence-corrected chi connectivity index (χ3v) is 12.2. The second-order valence-electron chi connectivity index (χ2n) is 15.9. The number of nitrogens with one attached hydrogen (secondary N) is 1. The Bertz CT molecular complexity index is 2700. The van der Waals surface area contributed by atoms with Crippen LogP contribution in [0.5, 0.6) is 0 Å². The molecule has 298 valence electrons. The highest BCUT2D eigenvalue weighted by Gasteiger charge is 2.30. The van der Waals surface area contributed by atoms with Gasteiger partial charge in [-0.15, -0.1) is 0 Å². The first kappa shape index (κ1) is 39.4. The Balaban J connectivity index is 0.000000162. The van der Waals surface area contributed by atoms with Crippen LogP contribution in [0.3, 0.4) is 0 Å². The predicted octanol–water partition coefficient (Wildman–Crippen LogP) is 8.43. The van der Waals surface area contributed by atoms with Crippen LogP contribution in [0.15, 0.2) is 119 Å². The highest BCUT2D eigenvalue weighted by molar-refractivity contribution is 9.10. The molecule has 0 spiro atoms. The van der Waals surface area contributed by atoms with E-state index in [1.165, 1.54) is 23.8 Å². The number of aromatic nitrogens is 6. The summed E-state index contributed by atoms with van der Waals surface area (Å²) in [5.74, 6) is 0.931. The number of likely N-dealkylation sites (tertiary alicyclic amines) is 1. The molecule has 0 bridgehead atoms. The largest absolute Gasteiger partial charge is 0.444 e. The van der Waals surface area contributed by atoms with Crippen LogP contribution in [0.4, 0.5) is 4.79 Å². The van der Waals surface area contributed by atoms with E-state index in [2.05, 4.69) is 89.9 Å². The first-order valence-corrected chi connectivity index (χ1v) is 22.0. The van der Waals surface area contributed by atoms with Crippen molar-refractivity contribution in [3.8, 4) is 33.4 Å². The number of benzene rings is 3. The van der Waals surface area contributed by atoms with Crippen LogP contribution >= 0.6 is 15.9 Å². The van der Waals surface area contributed by atoms with Gasteiger partial charge in [-0.2, -0.15) is 10.2 Å². The van der Waals surface area contributed by atoms with Gasteiger partial charge in [0.1, 0.15) is 5.60 Å². The smallest absolute Gasteiger partial charge is 0.410 e. The van der Waals surface area contributed by atoms with Gasteiger partial charge in [0.25, 0.3) is 0 Å². The average Bonchev–Trinajstić information content (AvgIpc) is 4.05. The molecule has 0 saturated carbocycles. The number of halogens is 1. The molecule has 2 saturated heterocycles. The number of carbonyl (C=O) groups excluding carboxylic acids is 1. The van der Waals surface area contributed by atoms with E-state index in [1.807, 2.05) is 51.6 Å². The summed E-state index contributed by atoms with van der Waals surface area (Å²) in [5.41, 5.74) is 9.40. The minimum absolute atomic E-state index is 0.226. The van der Waals surface area contributed by atoms with Crippen LogP contribution in [0.25, 0.3) is 44.7 Å². The van der Waals surface area contributed by atoms with E-state index in [1.54, 1.807) is 44.5 Å². The van der Waals surface area contributed by atoms with Crippen LogP contribution in [-0.4, -0.2) is 86.6 Å². The number of rotatable bonds is 6. The van der Waals surface area contributed by atoms with Gasteiger partial charge in [-0.25, -0.2) is 32.2 Å². The molecule has 58 heavy (non-hydrogen) atoms. The standard InChI is InChI=1S/C23H22N4O2S.C21H23BrN4O2/c1-30(28,29)21-4-2-3-18(11-21)22-14-26-27-15-20(13-25-23(22)27)17-7-5-16(6-8-17)19-9-10-24-12-19;1-21(2,3)28-20(27)25-9-8-16(12-25)14-4-6-15(7-5-14)17-10-23-19-18(22)11-24-26(19)13-17/h2-8,11,13-15,19,24H,9-10,12H2,1H3;4-7,10-11,13,16H,8-9,12H2,1-3H3. The van der Waals surface area contributed by atoms with Crippen molar-refractivity contribution in [3.63, 3.8) is 0 Å². The molecule has 1 amide bonds. The topological polar surface area (TPSA) is 136 Å². The molecule has 14 heteroatoms. The second-order valence-corrected chi connectivity index (χ2v) is 18.8. The molecule has 12 nitrogen and oxygen atoms in total. The van der Waals surface area contributed by atoms with Crippen LogP contribution < -0.4 is 5.32 Å². The van der Waals surface area contributed by atoms with Crippen LogP contribution in [-0.2, 0) is 14.6 Å². The van der Waals surface area contributed by atoms with Gasteiger partial charge < -0.3 is 15.0 Å². The molecule has 7 aromatic rings. The van der Waals surface area contributed by atoms with Crippen LogP contribution in [0.1, 0.15) is 56.6 Å². The van der Waals surface area contributed by atoms with Crippen molar-refractivity contribution >= 4 is 43.2 Å². The Hall–Kier alpha value is -5.44. The maximum atomic E-state index is 12.3. The lowest BCUT2D eigenvalue weighted by molar-refractivity contribution is 0.0292. The average molecular weight is 862 g/mol. The third-order valence-electron chi connectivity index (χ3n) is 10.6. The van der Waals surface area contributed by atoms with Gasteiger partial charge in [-0.1, -0.05) is 60.7 Å². The summed E-state index contributed by atoms with van der Waals surface area (Å²) in [6.45, 7) is 9.24. The first-order chi connectivity index (χ1) is 27.8. The van der Waals surface area contributed by atoms with Crippen LogP contribution in [0, 0.1) is 0 Å². The van der Waals surface area contributed by atoms with Crippen molar-refractivity contribution in [2.45, 2.75) is 55.9 Å². The third kappa shape index (κ3) is 8.69. The van der Waals surface area contributed by atoms with Gasteiger partial charge in [-0.3, -0.25) is 0 Å². The van der Waals surface area contributed by atoms with Gasteiger partial charge in [0.2, 0.25) is 0 Å². The highest BCUT2D eigenvalue weighted by Crippen LogP contribution is 2.32. The van der Waals surface area contributed by atoms with Gasteiger partial charge >= 0.3 is 6.09 Å². The Morgan fingerprint density at radius 2 is 1.40 bits per heavy atom. The lowest BCUT2D eigenvalue weighted by Gasteiger charge is -2.24. The second kappa shape index (κ2) is 16.1. The van der Waals surface area contributed by atoms with E-state index in [-0.39, 0.29) is 11.0 Å². The number of hydrogen-bond donors (Lipinski definition) is 1. The summed E-state index contributed by atoms with van der Waals surface area (Å²) in [5, 5.41) is 12.2. The molecule has 9 rings (SSSR count). The quantitative estimate of drug-likeness (QED) is 0.175. The molecule has 2 fully saturated rings. The maximum absolute atomic E-state index is 12.3. The SMILES string of the molecule is CC(C)(C)OC(=O)N1CCC(c2ccc(-c3cnc4c(Br)cnn4c3)cc2)C1.CS(=O)(=O)c1cccc(-c2cnn3cc(-c4ccc(C5CCNC5)cc4)cnc23)c1. The Morgan fingerprint density at radius 1 is 0.776 bits per heavy atom. The normalized spacial score (nSPS) is 17.1. The molecule has 3 aromatic carbocycles. The fourth-order valence-corrected chi connectivity index (χ4v) is 8.52. The highest BCUT2D eigenvalue weighted by atomic mass is 79.9. The van der Waals surface area contributed by atoms with Gasteiger partial charge in [-0.05, 0) is 102 Å². The molecule has 0 radical (unpaired) electrons. The van der Waals surface area contributed by atoms with E-state index in [4.69, 9.17) is 4.74 Å². The van der Waals surface area contributed by atoms with E-state index >= 15 is 0 Å². The molecule has 4 aromatic heterocycles. The Morgan fingerprint density at radius 3 is 2.02 bits per heavy atom. The molecule has 2 unspecified atom stereocenters. The lowest BCUT2D eigenvalue weighted by atomic mass is 9.96. The summed E-state index contributed by atoms with van der Waals surface area (Å²) in [6, 6.07) is 24.0. The summed E-state index contributed by atoms with van der Waals surface area (Å²) in [4.78, 5) is 23.5. The minimum Gasteiger partial charge on any atom is -0.444 e. The molecule has 2 aliphatic heterocycles. The number of amides is 1. The van der Waals surface area contributed by atoms with Crippen molar-refractivity contribution in [2.75, 3.05) is 32.4 Å². The fraction of sp³-hybridized carbons (Fsp3) is 0.295. The first-order valence-electron chi connectivity index (χ1n) is 19.3. The molecule has 1 N–H and O–H groups in total. The zero-order chi connectivity index (χ0) is 40.6. The zero-order valence-electron chi connectivity index (χ0n) is 32.8. The Labute approximate surface area is 346 Å². The van der Waals surface area contributed by atoms with Crippen molar-refractivity contribution < 1.29 is 17.9 Å². The van der Waals surface area contributed by atoms with Crippen LogP contribution in [0.2, 0.25) is 0 Å². The Kier molecular flexibility index (Phi) is 10.9. The molecular formula is C44H45BrN8O4S. The summed E-state index contributed by atoms with van der Waals surface area (Å²) < 4.78 is 33.7. The zero-order valence-corrected chi connectivity index (χ0v) is 35.2.